The Morgan fingerprint density at radius 1 is 1.07 bits per heavy atom. The minimum Gasteiger partial charge on any atom is -0.332 e. The molecule has 1 N–H and O–H groups in total. The van der Waals surface area contributed by atoms with Gasteiger partial charge in [0.2, 0.25) is 5.91 Å². The predicted octanol–water partition coefficient (Wildman–Crippen LogP) is 3.45. The topological polar surface area (TPSA) is 67.2 Å². The van der Waals surface area contributed by atoms with Crippen LogP contribution in [0.25, 0.3) is 5.69 Å². The highest BCUT2D eigenvalue weighted by molar-refractivity contribution is 5.99. The summed E-state index contributed by atoms with van der Waals surface area (Å²) in [6.07, 6.45) is 2.56. The van der Waals surface area contributed by atoms with Gasteiger partial charge in [0.15, 0.2) is 0 Å². The van der Waals surface area contributed by atoms with Crippen LogP contribution in [-0.4, -0.2) is 40.1 Å². The van der Waals surface area contributed by atoms with E-state index in [4.69, 9.17) is 0 Å². The van der Waals surface area contributed by atoms with Gasteiger partial charge < -0.3 is 10.2 Å². The van der Waals surface area contributed by atoms with E-state index in [0.717, 1.165) is 29.1 Å². The lowest BCUT2D eigenvalue weighted by atomic mass is 10.1. The third-order valence-corrected chi connectivity index (χ3v) is 4.59. The number of para-hydroxylation sites is 1. The predicted molar refractivity (Wildman–Crippen MR) is 110 cm³/mol. The first-order valence-electron chi connectivity index (χ1n) is 9.24. The van der Waals surface area contributed by atoms with Gasteiger partial charge in [-0.3, -0.25) is 9.59 Å². The van der Waals surface area contributed by atoms with E-state index in [0.29, 0.717) is 5.56 Å². The molecular weight excluding hydrogens is 352 g/mol. The molecular formula is C22H24N4O2. The molecule has 0 aliphatic heterocycles. The van der Waals surface area contributed by atoms with Gasteiger partial charge in [0.25, 0.3) is 5.91 Å². The fraction of sp³-hybridized carbons (Fsp3) is 0.227. The number of hydrogen-bond donors (Lipinski definition) is 1. The Labute approximate surface area is 164 Å². The Kier molecular flexibility index (Phi) is 5.89. The monoisotopic (exact) mass is 376 g/mol. The number of aryl methyl sites for hydroxylation is 2. The molecule has 0 aliphatic rings. The number of likely N-dealkylation sites (N-methyl/N-ethyl adjacent to an activating group) is 1. The second kappa shape index (κ2) is 8.52. The highest BCUT2D eigenvalue weighted by Crippen LogP contribution is 2.16. The molecule has 0 atom stereocenters. The largest absolute Gasteiger partial charge is 0.332 e. The molecule has 3 rings (SSSR count). The Morgan fingerprint density at radius 2 is 1.79 bits per heavy atom. The first-order chi connectivity index (χ1) is 13.5. The van der Waals surface area contributed by atoms with E-state index < -0.39 is 0 Å². The third kappa shape index (κ3) is 4.28. The van der Waals surface area contributed by atoms with E-state index in [1.54, 1.807) is 30.1 Å². The quantitative estimate of drug-likeness (QED) is 0.716. The lowest BCUT2D eigenvalue weighted by Crippen LogP contribution is -2.35. The van der Waals surface area contributed by atoms with Crippen LogP contribution in [0, 0.1) is 6.92 Å². The molecule has 1 aromatic heterocycles. The highest BCUT2D eigenvalue weighted by atomic mass is 16.2. The van der Waals surface area contributed by atoms with Crippen molar-refractivity contribution in [2.45, 2.75) is 20.3 Å². The molecule has 3 aromatic rings. The van der Waals surface area contributed by atoms with E-state index in [1.807, 2.05) is 56.3 Å². The molecule has 0 spiro atoms. The number of amides is 2. The first kappa shape index (κ1) is 19.4. The summed E-state index contributed by atoms with van der Waals surface area (Å²) in [4.78, 5) is 26.4. The van der Waals surface area contributed by atoms with Crippen molar-refractivity contribution in [1.29, 1.82) is 0 Å². The summed E-state index contributed by atoms with van der Waals surface area (Å²) in [5, 5.41) is 7.15. The van der Waals surface area contributed by atoms with Crippen molar-refractivity contribution >= 4 is 17.5 Å². The van der Waals surface area contributed by atoms with E-state index in [2.05, 4.69) is 10.4 Å². The van der Waals surface area contributed by atoms with Crippen molar-refractivity contribution in [3.8, 4) is 5.69 Å². The number of benzene rings is 2. The van der Waals surface area contributed by atoms with Crippen LogP contribution in [0.1, 0.15) is 28.5 Å². The average Bonchev–Trinajstić information content (AvgIpc) is 3.13. The van der Waals surface area contributed by atoms with Crippen molar-refractivity contribution in [1.82, 2.24) is 14.7 Å². The lowest BCUT2D eigenvalue weighted by Gasteiger charge is -2.18. The van der Waals surface area contributed by atoms with Gasteiger partial charge in [-0.25, -0.2) is 4.68 Å². The number of anilines is 1. The van der Waals surface area contributed by atoms with Crippen LogP contribution in [0.4, 0.5) is 5.69 Å². The van der Waals surface area contributed by atoms with Gasteiger partial charge in [-0.15, -0.1) is 0 Å². The average molecular weight is 376 g/mol. The highest BCUT2D eigenvalue weighted by Gasteiger charge is 2.16. The molecule has 6 nitrogen and oxygen atoms in total. The normalized spacial score (nSPS) is 10.5. The lowest BCUT2D eigenvalue weighted by molar-refractivity contribution is -0.116. The van der Waals surface area contributed by atoms with Gasteiger partial charge in [0.05, 0.1) is 12.2 Å². The summed E-state index contributed by atoms with van der Waals surface area (Å²) in [5.74, 6) is -0.428. The summed E-state index contributed by atoms with van der Waals surface area (Å²) in [6.45, 7) is 3.99. The zero-order chi connectivity index (χ0) is 20.1. The van der Waals surface area contributed by atoms with E-state index in [-0.39, 0.29) is 18.4 Å². The Balaban J connectivity index is 1.64. The summed E-state index contributed by atoms with van der Waals surface area (Å²) in [6, 6.07) is 16.8. The second-order valence-corrected chi connectivity index (χ2v) is 6.65. The Bertz CT molecular complexity index is 976. The van der Waals surface area contributed by atoms with Gasteiger partial charge in [0.1, 0.15) is 0 Å². The van der Waals surface area contributed by atoms with Crippen LogP contribution in [0.15, 0.2) is 60.8 Å². The number of carbonyl (C=O) groups excluding carboxylic acids is 2. The van der Waals surface area contributed by atoms with Gasteiger partial charge in [-0.2, -0.15) is 5.10 Å². The molecule has 0 saturated heterocycles. The maximum Gasteiger partial charge on any atom is 0.254 e. The van der Waals surface area contributed by atoms with E-state index >= 15 is 0 Å². The molecule has 6 heteroatoms. The van der Waals surface area contributed by atoms with Crippen molar-refractivity contribution in [2.24, 2.45) is 0 Å². The molecule has 0 bridgehead atoms. The van der Waals surface area contributed by atoms with Crippen molar-refractivity contribution in [3.05, 3.63) is 77.6 Å². The molecule has 2 amide bonds. The summed E-state index contributed by atoms with van der Waals surface area (Å²) < 4.78 is 1.80. The molecule has 0 fully saturated rings. The maximum atomic E-state index is 12.6. The minimum atomic E-state index is -0.222. The fourth-order valence-electron chi connectivity index (χ4n) is 3.03. The maximum absolute atomic E-state index is 12.6. The Hall–Kier alpha value is -3.41. The Morgan fingerprint density at radius 3 is 2.43 bits per heavy atom. The van der Waals surface area contributed by atoms with E-state index in [1.165, 1.54) is 4.90 Å². The molecule has 144 valence electrons. The molecule has 0 aliphatic carbocycles. The number of nitrogens with one attached hydrogen (secondary N) is 1. The fourth-order valence-corrected chi connectivity index (χ4v) is 3.03. The zero-order valence-corrected chi connectivity index (χ0v) is 16.3. The molecule has 28 heavy (non-hydrogen) atoms. The molecule has 0 radical (unpaired) electrons. The molecule has 0 unspecified atom stereocenters. The van der Waals surface area contributed by atoms with Crippen LogP contribution < -0.4 is 5.32 Å². The molecule has 2 aromatic carbocycles. The van der Waals surface area contributed by atoms with Gasteiger partial charge in [-0.1, -0.05) is 25.1 Å². The van der Waals surface area contributed by atoms with Gasteiger partial charge in [0, 0.05) is 30.2 Å². The van der Waals surface area contributed by atoms with Crippen LogP contribution in [0.3, 0.4) is 0 Å². The van der Waals surface area contributed by atoms with E-state index in [9.17, 15) is 9.59 Å². The van der Waals surface area contributed by atoms with Crippen LogP contribution in [-0.2, 0) is 11.2 Å². The number of hydrogen-bond acceptors (Lipinski definition) is 3. The number of aromatic nitrogens is 2. The van der Waals surface area contributed by atoms with Crippen molar-refractivity contribution in [3.63, 3.8) is 0 Å². The smallest absolute Gasteiger partial charge is 0.254 e. The number of nitrogens with zero attached hydrogens (tertiary/aromatic N) is 3. The number of carbonyl (C=O) groups is 2. The second-order valence-electron chi connectivity index (χ2n) is 6.65. The van der Waals surface area contributed by atoms with Crippen LogP contribution in [0.5, 0.6) is 0 Å². The van der Waals surface area contributed by atoms with Crippen LogP contribution >= 0.6 is 0 Å². The minimum absolute atomic E-state index is 0.0170. The summed E-state index contributed by atoms with van der Waals surface area (Å²) in [7, 11) is 1.62. The van der Waals surface area contributed by atoms with Gasteiger partial charge in [-0.05, 0) is 55.3 Å². The first-order valence-corrected chi connectivity index (χ1v) is 9.24. The van der Waals surface area contributed by atoms with Gasteiger partial charge >= 0.3 is 0 Å². The summed E-state index contributed by atoms with van der Waals surface area (Å²) in [5.41, 5.74) is 4.28. The third-order valence-electron chi connectivity index (χ3n) is 4.59. The molecule has 1 heterocycles. The summed E-state index contributed by atoms with van der Waals surface area (Å²) >= 11 is 0. The zero-order valence-electron chi connectivity index (χ0n) is 16.3. The number of rotatable bonds is 6. The molecule has 0 saturated carbocycles. The van der Waals surface area contributed by atoms with Crippen molar-refractivity contribution in [2.75, 3.05) is 18.9 Å². The van der Waals surface area contributed by atoms with Crippen LogP contribution in [0.2, 0.25) is 0 Å². The SMILES string of the molecule is CCc1ccccc1NC(=O)CN(C)C(=O)c1ccc(-n2nccc2C)cc1. The van der Waals surface area contributed by atoms with Crippen molar-refractivity contribution < 1.29 is 9.59 Å². The standard InChI is InChI=1S/C22H24N4O2/c1-4-17-7-5-6-8-20(17)24-21(27)15-25(3)22(28)18-9-11-19(12-10-18)26-16(2)13-14-23-26/h5-14H,4,15H2,1-3H3,(H,24,27).